The SMILES string of the molecule is CCC(C(=O)Nc1cc(C)cc(F)c1)/C(N)=N/O. The van der Waals surface area contributed by atoms with E-state index in [1.165, 1.54) is 12.1 Å². The quantitative estimate of drug-likeness (QED) is 0.331. The molecule has 0 fully saturated rings. The first-order valence-corrected chi connectivity index (χ1v) is 5.53. The van der Waals surface area contributed by atoms with Crippen molar-refractivity contribution in [3.63, 3.8) is 0 Å². The Kier molecular flexibility index (Phi) is 4.65. The third-order valence-corrected chi connectivity index (χ3v) is 2.51. The van der Waals surface area contributed by atoms with Gasteiger partial charge in [-0.3, -0.25) is 4.79 Å². The molecule has 4 N–H and O–H groups in total. The third-order valence-electron chi connectivity index (χ3n) is 2.51. The predicted molar refractivity (Wildman–Crippen MR) is 67.0 cm³/mol. The number of halogens is 1. The Hall–Kier alpha value is -2.11. The van der Waals surface area contributed by atoms with Gasteiger partial charge in [-0.25, -0.2) is 4.39 Å². The van der Waals surface area contributed by atoms with Crippen molar-refractivity contribution in [1.82, 2.24) is 0 Å². The number of amides is 1. The molecule has 0 saturated carbocycles. The third kappa shape index (κ3) is 3.44. The Labute approximate surface area is 104 Å². The maximum atomic E-state index is 13.1. The smallest absolute Gasteiger partial charge is 0.235 e. The normalized spacial score (nSPS) is 13.2. The lowest BCUT2D eigenvalue weighted by molar-refractivity contribution is -0.118. The van der Waals surface area contributed by atoms with Gasteiger partial charge in [0.1, 0.15) is 5.82 Å². The average molecular weight is 253 g/mol. The molecule has 1 aromatic carbocycles. The molecule has 18 heavy (non-hydrogen) atoms. The number of nitrogens with one attached hydrogen (secondary N) is 1. The highest BCUT2D eigenvalue weighted by Gasteiger charge is 2.21. The summed E-state index contributed by atoms with van der Waals surface area (Å²) in [4.78, 5) is 11.9. The van der Waals surface area contributed by atoms with Crippen LogP contribution in [0.3, 0.4) is 0 Å². The Balaban J connectivity index is 2.86. The molecule has 1 aromatic rings. The van der Waals surface area contributed by atoms with Gasteiger partial charge in [-0.1, -0.05) is 12.1 Å². The molecule has 0 heterocycles. The molecule has 6 heteroatoms. The molecule has 0 saturated heterocycles. The summed E-state index contributed by atoms with van der Waals surface area (Å²) in [7, 11) is 0. The van der Waals surface area contributed by atoms with Crippen LogP contribution in [0.4, 0.5) is 10.1 Å². The van der Waals surface area contributed by atoms with Crippen LogP contribution < -0.4 is 11.1 Å². The van der Waals surface area contributed by atoms with Crippen molar-refractivity contribution < 1.29 is 14.4 Å². The highest BCUT2D eigenvalue weighted by molar-refractivity contribution is 6.07. The molecular weight excluding hydrogens is 237 g/mol. The second-order valence-electron chi connectivity index (χ2n) is 3.99. The first kappa shape index (κ1) is 14.0. The molecule has 98 valence electrons. The van der Waals surface area contributed by atoms with Gasteiger partial charge in [0, 0.05) is 5.69 Å². The molecule has 0 bridgehead atoms. The summed E-state index contributed by atoms with van der Waals surface area (Å²) in [5.74, 6) is -1.76. The van der Waals surface area contributed by atoms with E-state index in [2.05, 4.69) is 10.5 Å². The van der Waals surface area contributed by atoms with E-state index in [9.17, 15) is 9.18 Å². The van der Waals surface area contributed by atoms with Gasteiger partial charge in [-0.05, 0) is 37.1 Å². The minimum Gasteiger partial charge on any atom is -0.409 e. The number of rotatable bonds is 4. The molecule has 0 radical (unpaired) electrons. The van der Waals surface area contributed by atoms with E-state index in [-0.39, 0.29) is 5.84 Å². The van der Waals surface area contributed by atoms with Gasteiger partial charge in [0.05, 0.1) is 5.92 Å². The predicted octanol–water partition coefficient (Wildman–Crippen LogP) is 1.85. The van der Waals surface area contributed by atoms with Crippen LogP contribution in [0.25, 0.3) is 0 Å². The molecule has 0 aliphatic rings. The number of carbonyl (C=O) groups excluding carboxylic acids is 1. The second-order valence-corrected chi connectivity index (χ2v) is 3.99. The lowest BCUT2D eigenvalue weighted by Gasteiger charge is -2.13. The highest BCUT2D eigenvalue weighted by atomic mass is 19.1. The Morgan fingerprint density at radius 2 is 2.22 bits per heavy atom. The van der Waals surface area contributed by atoms with Gasteiger partial charge in [0.15, 0.2) is 5.84 Å². The Bertz CT molecular complexity index is 454. The van der Waals surface area contributed by atoms with E-state index in [0.717, 1.165) is 0 Å². The standard InChI is InChI=1S/C12H16FN3O2/c1-3-10(11(14)16-18)12(17)15-9-5-7(2)4-8(13)6-9/h4-6,10,18H,3H2,1-2H3,(H2,14,16)(H,15,17). The molecule has 1 amide bonds. The molecular formula is C12H16FN3O2. The number of amidine groups is 1. The molecule has 1 atom stereocenters. The summed E-state index contributed by atoms with van der Waals surface area (Å²) in [6.07, 6.45) is 0.385. The topological polar surface area (TPSA) is 87.7 Å². The van der Waals surface area contributed by atoms with Crippen molar-refractivity contribution in [1.29, 1.82) is 0 Å². The number of hydrogen-bond donors (Lipinski definition) is 3. The summed E-state index contributed by atoms with van der Waals surface area (Å²) in [6, 6.07) is 4.21. The van der Waals surface area contributed by atoms with Crippen molar-refractivity contribution in [3.8, 4) is 0 Å². The van der Waals surface area contributed by atoms with Crippen LogP contribution in [0, 0.1) is 18.7 Å². The summed E-state index contributed by atoms with van der Waals surface area (Å²) >= 11 is 0. The number of benzene rings is 1. The van der Waals surface area contributed by atoms with Crippen LogP contribution in [-0.2, 0) is 4.79 Å². The zero-order valence-electron chi connectivity index (χ0n) is 10.3. The molecule has 1 unspecified atom stereocenters. The maximum absolute atomic E-state index is 13.1. The van der Waals surface area contributed by atoms with Crippen LogP contribution in [-0.4, -0.2) is 17.0 Å². The molecule has 0 aliphatic carbocycles. The number of oxime groups is 1. The minimum atomic E-state index is -0.737. The van der Waals surface area contributed by atoms with Gasteiger partial charge >= 0.3 is 0 Å². The molecule has 0 spiro atoms. The van der Waals surface area contributed by atoms with Crippen molar-refractivity contribution in [2.45, 2.75) is 20.3 Å². The average Bonchev–Trinajstić information content (AvgIpc) is 2.28. The fraction of sp³-hybridized carbons (Fsp3) is 0.333. The first-order valence-electron chi connectivity index (χ1n) is 5.53. The van der Waals surface area contributed by atoms with Crippen molar-refractivity contribution >= 4 is 17.4 Å². The van der Waals surface area contributed by atoms with Gasteiger partial charge in [0.2, 0.25) is 5.91 Å². The van der Waals surface area contributed by atoms with Gasteiger partial charge in [-0.2, -0.15) is 0 Å². The zero-order chi connectivity index (χ0) is 13.7. The largest absolute Gasteiger partial charge is 0.409 e. The number of anilines is 1. The van der Waals surface area contributed by atoms with Crippen LogP contribution in [0.2, 0.25) is 0 Å². The number of aryl methyl sites for hydroxylation is 1. The zero-order valence-corrected chi connectivity index (χ0v) is 10.3. The van der Waals surface area contributed by atoms with Crippen molar-refractivity contribution in [2.24, 2.45) is 16.8 Å². The van der Waals surface area contributed by atoms with E-state index < -0.39 is 17.6 Å². The molecule has 0 aliphatic heterocycles. The first-order chi connectivity index (χ1) is 8.47. The van der Waals surface area contributed by atoms with Crippen LogP contribution in [0.15, 0.2) is 23.4 Å². The van der Waals surface area contributed by atoms with Gasteiger partial charge < -0.3 is 16.3 Å². The fourth-order valence-electron chi connectivity index (χ4n) is 1.64. The number of hydrogen-bond acceptors (Lipinski definition) is 3. The number of nitrogens with zero attached hydrogens (tertiary/aromatic N) is 1. The summed E-state index contributed by atoms with van der Waals surface area (Å²) in [5.41, 5.74) is 6.45. The van der Waals surface area contributed by atoms with E-state index in [4.69, 9.17) is 10.9 Å². The summed E-state index contributed by atoms with van der Waals surface area (Å²) < 4.78 is 13.1. The lowest BCUT2D eigenvalue weighted by Crippen LogP contribution is -2.34. The number of nitrogens with two attached hydrogens (primary N) is 1. The fourth-order valence-corrected chi connectivity index (χ4v) is 1.64. The second kappa shape index (κ2) is 6.00. The van der Waals surface area contributed by atoms with Crippen molar-refractivity contribution in [2.75, 3.05) is 5.32 Å². The maximum Gasteiger partial charge on any atom is 0.235 e. The number of carbonyl (C=O) groups is 1. The van der Waals surface area contributed by atoms with E-state index in [0.29, 0.717) is 17.7 Å². The van der Waals surface area contributed by atoms with E-state index in [1.54, 1.807) is 19.9 Å². The highest BCUT2D eigenvalue weighted by Crippen LogP contribution is 2.15. The lowest BCUT2D eigenvalue weighted by atomic mass is 10.0. The Morgan fingerprint density at radius 1 is 1.56 bits per heavy atom. The van der Waals surface area contributed by atoms with Gasteiger partial charge in [-0.15, -0.1) is 0 Å². The molecule has 5 nitrogen and oxygen atoms in total. The van der Waals surface area contributed by atoms with Crippen LogP contribution in [0.5, 0.6) is 0 Å². The molecule has 1 rings (SSSR count). The Morgan fingerprint density at radius 3 is 2.72 bits per heavy atom. The summed E-state index contributed by atoms with van der Waals surface area (Å²) in [5, 5.41) is 13.9. The molecule has 0 aromatic heterocycles. The van der Waals surface area contributed by atoms with Crippen molar-refractivity contribution in [3.05, 3.63) is 29.6 Å². The van der Waals surface area contributed by atoms with E-state index in [1.807, 2.05) is 0 Å². The van der Waals surface area contributed by atoms with Crippen LogP contribution in [0.1, 0.15) is 18.9 Å². The summed E-state index contributed by atoms with van der Waals surface area (Å²) in [6.45, 7) is 3.46. The minimum absolute atomic E-state index is 0.164. The van der Waals surface area contributed by atoms with Crippen LogP contribution >= 0.6 is 0 Å². The van der Waals surface area contributed by atoms with Gasteiger partial charge in [0.25, 0.3) is 0 Å². The monoisotopic (exact) mass is 253 g/mol. The van der Waals surface area contributed by atoms with E-state index >= 15 is 0 Å².